The van der Waals surface area contributed by atoms with Gasteiger partial charge in [0.15, 0.2) is 0 Å². The number of carbonyl (C=O) groups is 1. The third-order valence-corrected chi connectivity index (χ3v) is 5.49. The predicted octanol–water partition coefficient (Wildman–Crippen LogP) is 2.94. The first-order valence-corrected chi connectivity index (χ1v) is 10.4. The Balaban J connectivity index is 1.42. The van der Waals surface area contributed by atoms with E-state index in [2.05, 4.69) is 39.5 Å². The van der Waals surface area contributed by atoms with Crippen molar-refractivity contribution in [1.82, 2.24) is 20.2 Å². The van der Waals surface area contributed by atoms with E-state index in [1.54, 1.807) is 23.4 Å². The number of nitrogens with one attached hydrogen (secondary N) is 1. The number of hydrogen-bond donors (Lipinski definition) is 1. The summed E-state index contributed by atoms with van der Waals surface area (Å²) in [5.41, 5.74) is 2.92. The molecule has 3 aromatic rings. The topological polar surface area (TPSA) is 61.4 Å². The van der Waals surface area contributed by atoms with Crippen molar-refractivity contribution in [3.05, 3.63) is 89.9 Å². The highest BCUT2D eigenvalue weighted by molar-refractivity contribution is 5.92. The van der Waals surface area contributed by atoms with E-state index < -0.39 is 0 Å². The van der Waals surface area contributed by atoms with E-state index >= 15 is 0 Å². The smallest absolute Gasteiger partial charge is 0.272 e. The summed E-state index contributed by atoms with van der Waals surface area (Å²) in [6, 6.07) is 20.4. The monoisotopic (exact) mass is 401 g/mol. The van der Waals surface area contributed by atoms with E-state index in [0.717, 1.165) is 31.9 Å². The molecular formula is C24H27N5O. The highest BCUT2D eigenvalue weighted by atomic mass is 16.2. The van der Waals surface area contributed by atoms with E-state index in [4.69, 9.17) is 4.98 Å². The lowest BCUT2D eigenvalue weighted by atomic mass is 10.0. The standard InChI is InChI=1S/C24H27N5O/c1-28(16-12-19-10-13-25-14-11-19)24(30)21-8-5-9-23(27-21)29-17-15-26-22(18-29)20-6-3-2-4-7-20/h2-11,13-14,22,26H,12,15-18H2,1H3/t22-/m1/s1. The number of piperazine rings is 1. The largest absolute Gasteiger partial charge is 0.353 e. The number of hydrogen-bond acceptors (Lipinski definition) is 5. The Morgan fingerprint density at radius 3 is 2.70 bits per heavy atom. The maximum atomic E-state index is 12.9. The Morgan fingerprint density at radius 1 is 1.10 bits per heavy atom. The summed E-state index contributed by atoms with van der Waals surface area (Å²) in [5.74, 6) is 0.798. The molecule has 3 heterocycles. The number of aromatic nitrogens is 2. The molecule has 4 rings (SSSR count). The van der Waals surface area contributed by atoms with E-state index in [-0.39, 0.29) is 11.9 Å². The molecule has 1 N–H and O–H groups in total. The highest BCUT2D eigenvalue weighted by Crippen LogP contribution is 2.21. The zero-order chi connectivity index (χ0) is 20.8. The first-order valence-electron chi connectivity index (χ1n) is 10.4. The molecular weight excluding hydrogens is 374 g/mol. The van der Waals surface area contributed by atoms with Gasteiger partial charge in [-0.05, 0) is 41.8 Å². The van der Waals surface area contributed by atoms with Crippen LogP contribution in [0.5, 0.6) is 0 Å². The van der Waals surface area contributed by atoms with Crippen LogP contribution in [0.1, 0.15) is 27.7 Å². The molecule has 1 amide bonds. The summed E-state index contributed by atoms with van der Waals surface area (Å²) >= 11 is 0. The molecule has 1 atom stereocenters. The molecule has 0 bridgehead atoms. The minimum Gasteiger partial charge on any atom is -0.353 e. The van der Waals surface area contributed by atoms with Gasteiger partial charge in [0, 0.05) is 51.7 Å². The molecule has 30 heavy (non-hydrogen) atoms. The Bertz CT molecular complexity index is 964. The first-order chi connectivity index (χ1) is 14.7. The molecule has 0 spiro atoms. The van der Waals surface area contributed by atoms with Crippen LogP contribution in [0.4, 0.5) is 5.82 Å². The summed E-state index contributed by atoms with van der Waals surface area (Å²) in [6.07, 6.45) is 4.34. The van der Waals surface area contributed by atoms with Gasteiger partial charge in [-0.15, -0.1) is 0 Å². The predicted molar refractivity (Wildman–Crippen MR) is 119 cm³/mol. The van der Waals surface area contributed by atoms with Crippen LogP contribution in [0.2, 0.25) is 0 Å². The molecule has 1 saturated heterocycles. The molecule has 0 unspecified atom stereocenters. The number of amides is 1. The van der Waals surface area contributed by atoms with Crippen molar-refractivity contribution in [1.29, 1.82) is 0 Å². The third kappa shape index (κ3) is 4.83. The van der Waals surface area contributed by atoms with Crippen LogP contribution in [0, 0.1) is 0 Å². The van der Waals surface area contributed by atoms with Crippen molar-refractivity contribution < 1.29 is 4.79 Å². The van der Waals surface area contributed by atoms with Gasteiger partial charge in [-0.25, -0.2) is 4.98 Å². The van der Waals surface area contributed by atoms with Gasteiger partial charge < -0.3 is 15.1 Å². The molecule has 6 nitrogen and oxygen atoms in total. The molecule has 1 aliphatic heterocycles. The van der Waals surface area contributed by atoms with E-state index in [9.17, 15) is 4.79 Å². The van der Waals surface area contributed by atoms with Gasteiger partial charge >= 0.3 is 0 Å². The summed E-state index contributed by atoms with van der Waals surface area (Å²) in [5, 5.41) is 3.57. The van der Waals surface area contributed by atoms with Gasteiger partial charge in [-0.1, -0.05) is 36.4 Å². The van der Waals surface area contributed by atoms with Crippen molar-refractivity contribution in [2.75, 3.05) is 38.1 Å². The second kappa shape index (κ2) is 9.50. The number of pyridine rings is 2. The van der Waals surface area contributed by atoms with Crippen LogP contribution in [-0.2, 0) is 6.42 Å². The Labute approximate surface area is 177 Å². The van der Waals surface area contributed by atoms with Crippen molar-refractivity contribution in [2.45, 2.75) is 12.5 Å². The number of anilines is 1. The average molecular weight is 402 g/mol. The number of likely N-dealkylation sites (N-methyl/N-ethyl adjacent to an activating group) is 1. The molecule has 6 heteroatoms. The highest BCUT2D eigenvalue weighted by Gasteiger charge is 2.22. The number of nitrogens with zero attached hydrogens (tertiary/aromatic N) is 4. The first kappa shape index (κ1) is 20.0. The van der Waals surface area contributed by atoms with Crippen molar-refractivity contribution >= 4 is 11.7 Å². The van der Waals surface area contributed by atoms with Gasteiger partial charge in [-0.3, -0.25) is 9.78 Å². The number of rotatable bonds is 6. The summed E-state index contributed by atoms with van der Waals surface area (Å²) in [4.78, 5) is 25.6. The lowest BCUT2D eigenvalue weighted by Crippen LogP contribution is -2.46. The molecule has 1 aliphatic rings. The molecule has 0 aliphatic carbocycles. The maximum absolute atomic E-state index is 12.9. The molecule has 1 fully saturated rings. The van der Waals surface area contributed by atoms with Crippen molar-refractivity contribution in [2.24, 2.45) is 0 Å². The van der Waals surface area contributed by atoms with Crippen LogP contribution < -0.4 is 10.2 Å². The van der Waals surface area contributed by atoms with Crippen LogP contribution >= 0.6 is 0 Å². The van der Waals surface area contributed by atoms with Crippen LogP contribution in [-0.4, -0.2) is 54.0 Å². The maximum Gasteiger partial charge on any atom is 0.272 e. The minimum absolute atomic E-state index is 0.0550. The van der Waals surface area contributed by atoms with E-state index in [1.807, 2.05) is 37.4 Å². The van der Waals surface area contributed by atoms with Crippen molar-refractivity contribution in [3.8, 4) is 0 Å². The van der Waals surface area contributed by atoms with Gasteiger partial charge in [0.2, 0.25) is 0 Å². The molecule has 0 radical (unpaired) electrons. The summed E-state index contributed by atoms with van der Waals surface area (Å²) < 4.78 is 0. The second-order valence-corrected chi connectivity index (χ2v) is 7.58. The van der Waals surface area contributed by atoms with Gasteiger partial charge in [0.05, 0.1) is 0 Å². The van der Waals surface area contributed by atoms with E-state index in [1.165, 1.54) is 11.1 Å². The zero-order valence-electron chi connectivity index (χ0n) is 17.2. The molecule has 154 valence electrons. The molecule has 2 aromatic heterocycles. The second-order valence-electron chi connectivity index (χ2n) is 7.58. The molecule has 0 saturated carbocycles. The zero-order valence-corrected chi connectivity index (χ0v) is 17.2. The third-order valence-electron chi connectivity index (χ3n) is 5.49. The van der Waals surface area contributed by atoms with Gasteiger partial charge in [0.25, 0.3) is 5.91 Å². The lowest BCUT2D eigenvalue weighted by molar-refractivity contribution is 0.0791. The summed E-state index contributed by atoms with van der Waals surface area (Å²) in [6.45, 7) is 3.21. The van der Waals surface area contributed by atoms with Gasteiger partial charge in [0.1, 0.15) is 11.5 Å². The Morgan fingerprint density at radius 2 is 1.90 bits per heavy atom. The quantitative estimate of drug-likeness (QED) is 0.688. The minimum atomic E-state index is -0.0550. The lowest BCUT2D eigenvalue weighted by Gasteiger charge is -2.35. The number of benzene rings is 1. The fourth-order valence-corrected chi connectivity index (χ4v) is 3.73. The Kier molecular flexibility index (Phi) is 6.35. The average Bonchev–Trinajstić information content (AvgIpc) is 2.83. The normalized spacial score (nSPS) is 16.3. The van der Waals surface area contributed by atoms with Crippen LogP contribution in [0.3, 0.4) is 0 Å². The fourth-order valence-electron chi connectivity index (χ4n) is 3.73. The van der Waals surface area contributed by atoms with Crippen LogP contribution in [0.25, 0.3) is 0 Å². The molecule has 1 aromatic carbocycles. The fraction of sp³-hybridized carbons (Fsp3) is 0.292. The van der Waals surface area contributed by atoms with Crippen molar-refractivity contribution in [3.63, 3.8) is 0 Å². The summed E-state index contributed by atoms with van der Waals surface area (Å²) in [7, 11) is 1.83. The number of carbonyl (C=O) groups excluding carboxylic acids is 1. The Hall–Kier alpha value is -3.25. The van der Waals surface area contributed by atoms with Gasteiger partial charge in [-0.2, -0.15) is 0 Å². The van der Waals surface area contributed by atoms with E-state index in [0.29, 0.717) is 12.2 Å². The van der Waals surface area contributed by atoms with Crippen LogP contribution in [0.15, 0.2) is 73.1 Å². The SMILES string of the molecule is CN(CCc1ccncc1)C(=O)c1cccc(N2CCN[C@@H](c3ccccc3)C2)n1.